The van der Waals surface area contributed by atoms with Crippen LogP contribution in [0.2, 0.25) is 0 Å². The lowest BCUT2D eigenvalue weighted by atomic mass is 10.2. The average Bonchev–Trinajstić information content (AvgIpc) is 3.02. The van der Waals surface area contributed by atoms with Gasteiger partial charge in [-0.25, -0.2) is 17.7 Å². The van der Waals surface area contributed by atoms with Gasteiger partial charge in [-0.05, 0) is 30.3 Å². The molecule has 0 bridgehead atoms. The predicted octanol–water partition coefficient (Wildman–Crippen LogP) is 2.71. The number of sulfonamides is 1. The van der Waals surface area contributed by atoms with Crippen LogP contribution < -0.4 is 5.32 Å². The van der Waals surface area contributed by atoms with Crippen molar-refractivity contribution < 1.29 is 18.1 Å². The molecule has 0 saturated carbocycles. The van der Waals surface area contributed by atoms with Crippen LogP contribution in [0.1, 0.15) is 10.4 Å². The first-order chi connectivity index (χ1) is 12.7. The lowest BCUT2D eigenvalue weighted by Gasteiger charge is -2.11. The Hall–Kier alpha value is -2.89. The number of carbonyl (C=O) groups excluding carboxylic acids is 1. The number of nitro groups is 1. The normalized spacial score (nSPS) is 11.7. The van der Waals surface area contributed by atoms with Crippen LogP contribution in [-0.2, 0) is 10.0 Å². The molecule has 3 rings (SSSR count). The van der Waals surface area contributed by atoms with Gasteiger partial charge in [0.1, 0.15) is 0 Å². The number of thiazole rings is 1. The van der Waals surface area contributed by atoms with Gasteiger partial charge in [0.15, 0.2) is 5.13 Å². The number of anilines is 1. The van der Waals surface area contributed by atoms with Crippen molar-refractivity contribution in [2.45, 2.75) is 4.90 Å². The number of hydrogen-bond donors (Lipinski definition) is 1. The second kappa shape index (κ2) is 7.02. The number of rotatable bonds is 5. The van der Waals surface area contributed by atoms with E-state index >= 15 is 0 Å². The Balaban J connectivity index is 1.81. The van der Waals surface area contributed by atoms with E-state index in [1.165, 1.54) is 61.8 Å². The smallest absolute Gasteiger partial charge is 0.271 e. The van der Waals surface area contributed by atoms with Gasteiger partial charge in [0, 0.05) is 31.8 Å². The van der Waals surface area contributed by atoms with Crippen molar-refractivity contribution in [1.82, 2.24) is 9.29 Å². The summed E-state index contributed by atoms with van der Waals surface area (Å²) in [5.41, 5.74) is 0.596. The van der Waals surface area contributed by atoms with E-state index in [9.17, 15) is 23.3 Å². The number of fused-ring (bicyclic) bond motifs is 1. The van der Waals surface area contributed by atoms with Crippen molar-refractivity contribution >= 4 is 48.3 Å². The van der Waals surface area contributed by atoms with Crippen LogP contribution in [0, 0.1) is 10.1 Å². The maximum absolute atomic E-state index is 12.3. The monoisotopic (exact) mass is 406 g/mol. The quantitative estimate of drug-likeness (QED) is 0.513. The van der Waals surface area contributed by atoms with Crippen LogP contribution in [0.4, 0.5) is 10.8 Å². The zero-order valence-corrected chi connectivity index (χ0v) is 15.9. The summed E-state index contributed by atoms with van der Waals surface area (Å²) in [6.45, 7) is 0. The summed E-state index contributed by atoms with van der Waals surface area (Å²) in [6, 6.07) is 9.80. The Morgan fingerprint density at radius 2 is 1.85 bits per heavy atom. The minimum absolute atomic E-state index is 0.0800. The van der Waals surface area contributed by atoms with Gasteiger partial charge in [0.2, 0.25) is 10.0 Å². The first-order valence-electron chi connectivity index (χ1n) is 7.57. The fraction of sp³-hybridized carbons (Fsp3) is 0.125. The van der Waals surface area contributed by atoms with E-state index in [-0.39, 0.29) is 16.1 Å². The number of benzene rings is 2. The molecule has 0 atom stereocenters. The van der Waals surface area contributed by atoms with E-state index in [0.29, 0.717) is 15.3 Å². The summed E-state index contributed by atoms with van der Waals surface area (Å²) >= 11 is 1.18. The second-order valence-electron chi connectivity index (χ2n) is 5.69. The van der Waals surface area contributed by atoms with E-state index < -0.39 is 20.9 Å². The number of nitrogens with one attached hydrogen (secondary N) is 1. The molecule has 9 nitrogen and oxygen atoms in total. The molecular formula is C16H14N4O5S2. The highest BCUT2D eigenvalue weighted by Crippen LogP contribution is 2.29. The molecule has 27 heavy (non-hydrogen) atoms. The Kier molecular flexibility index (Phi) is 4.91. The highest BCUT2D eigenvalue weighted by atomic mass is 32.2. The summed E-state index contributed by atoms with van der Waals surface area (Å²) in [4.78, 5) is 26.9. The number of non-ortho nitro benzene ring substituents is 1. The molecule has 1 aromatic heterocycles. The third-order valence-electron chi connectivity index (χ3n) is 3.70. The molecule has 0 saturated heterocycles. The zero-order chi connectivity index (χ0) is 19.8. The number of amides is 1. The molecule has 3 aromatic rings. The summed E-state index contributed by atoms with van der Waals surface area (Å²) < 4.78 is 25.9. The maximum Gasteiger partial charge on any atom is 0.271 e. The van der Waals surface area contributed by atoms with Crippen LogP contribution >= 0.6 is 11.3 Å². The highest BCUT2D eigenvalue weighted by molar-refractivity contribution is 7.89. The molecule has 1 N–H and O–H groups in total. The van der Waals surface area contributed by atoms with Crippen LogP contribution in [-0.4, -0.2) is 42.6 Å². The van der Waals surface area contributed by atoms with Gasteiger partial charge in [-0.1, -0.05) is 11.3 Å². The lowest BCUT2D eigenvalue weighted by molar-refractivity contribution is -0.384. The number of nitrogens with zero attached hydrogens (tertiary/aromatic N) is 3. The lowest BCUT2D eigenvalue weighted by Crippen LogP contribution is -2.22. The summed E-state index contributed by atoms with van der Waals surface area (Å²) in [6.07, 6.45) is 0. The third kappa shape index (κ3) is 3.79. The highest BCUT2D eigenvalue weighted by Gasteiger charge is 2.18. The molecule has 0 aliphatic heterocycles. The molecular weight excluding hydrogens is 392 g/mol. The van der Waals surface area contributed by atoms with E-state index in [0.717, 1.165) is 4.31 Å². The molecule has 1 heterocycles. The van der Waals surface area contributed by atoms with E-state index in [1.54, 1.807) is 6.07 Å². The fourth-order valence-electron chi connectivity index (χ4n) is 2.24. The first kappa shape index (κ1) is 18.9. The molecule has 0 aliphatic rings. The second-order valence-corrected chi connectivity index (χ2v) is 8.88. The van der Waals surface area contributed by atoms with Gasteiger partial charge in [-0.2, -0.15) is 0 Å². The van der Waals surface area contributed by atoms with Crippen molar-refractivity contribution in [3.8, 4) is 0 Å². The largest absolute Gasteiger partial charge is 0.298 e. The molecule has 0 unspecified atom stereocenters. The molecule has 1 amide bonds. The summed E-state index contributed by atoms with van der Waals surface area (Å²) in [7, 11) is -0.722. The maximum atomic E-state index is 12.3. The van der Waals surface area contributed by atoms with Crippen LogP contribution in [0.15, 0.2) is 47.4 Å². The Bertz CT molecular complexity index is 1140. The fourth-order valence-corrected chi connectivity index (χ4v) is 3.98. The molecule has 2 aromatic carbocycles. The van der Waals surface area contributed by atoms with Crippen LogP contribution in [0.3, 0.4) is 0 Å². The number of carbonyl (C=O) groups is 1. The minimum Gasteiger partial charge on any atom is -0.298 e. The van der Waals surface area contributed by atoms with Gasteiger partial charge in [-0.15, -0.1) is 0 Å². The Labute approximate surface area is 158 Å². The Morgan fingerprint density at radius 3 is 2.44 bits per heavy atom. The van der Waals surface area contributed by atoms with Crippen LogP contribution in [0.5, 0.6) is 0 Å². The predicted molar refractivity (Wildman–Crippen MR) is 102 cm³/mol. The SMILES string of the molecule is CN(C)S(=O)(=O)c1ccc(C(=O)Nc2nc3cc([N+](=O)[O-])ccc3s2)cc1. The third-order valence-corrected chi connectivity index (χ3v) is 6.48. The molecule has 0 fully saturated rings. The molecule has 0 aliphatic carbocycles. The van der Waals surface area contributed by atoms with Gasteiger partial charge >= 0.3 is 0 Å². The molecule has 0 spiro atoms. The standard InChI is InChI=1S/C16H14N4O5S2/c1-19(2)27(24,25)12-6-3-10(4-7-12)15(21)18-16-17-13-9-11(20(22)23)5-8-14(13)26-16/h3-9H,1-2H3,(H,17,18,21). The van der Waals surface area contributed by atoms with Gasteiger partial charge < -0.3 is 0 Å². The van der Waals surface area contributed by atoms with Crippen molar-refractivity contribution in [1.29, 1.82) is 0 Å². The number of hydrogen-bond acceptors (Lipinski definition) is 7. The first-order valence-corrected chi connectivity index (χ1v) is 9.83. The van der Waals surface area contributed by atoms with Gasteiger partial charge in [0.25, 0.3) is 11.6 Å². The van der Waals surface area contributed by atoms with E-state index in [2.05, 4.69) is 10.3 Å². The van der Waals surface area contributed by atoms with Crippen molar-refractivity contribution in [2.24, 2.45) is 0 Å². The van der Waals surface area contributed by atoms with E-state index in [1.807, 2.05) is 0 Å². The summed E-state index contributed by atoms with van der Waals surface area (Å²) in [5, 5.41) is 13.7. The average molecular weight is 406 g/mol. The number of aromatic nitrogens is 1. The zero-order valence-electron chi connectivity index (χ0n) is 14.2. The van der Waals surface area contributed by atoms with Gasteiger partial charge in [0.05, 0.1) is 20.0 Å². The van der Waals surface area contributed by atoms with E-state index in [4.69, 9.17) is 0 Å². The van der Waals surface area contributed by atoms with Crippen molar-refractivity contribution in [2.75, 3.05) is 19.4 Å². The van der Waals surface area contributed by atoms with Crippen molar-refractivity contribution in [3.05, 3.63) is 58.1 Å². The number of nitro benzene ring substituents is 1. The molecule has 140 valence electrons. The molecule has 11 heteroatoms. The van der Waals surface area contributed by atoms with Crippen LogP contribution in [0.25, 0.3) is 10.2 Å². The molecule has 0 radical (unpaired) electrons. The summed E-state index contributed by atoms with van der Waals surface area (Å²) in [5.74, 6) is -0.461. The minimum atomic E-state index is -3.57. The topological polar surface area (TPSA) is 123 Å². The Morgan fingerprint density at radius 1 is 1.19 bits per heavy atom. The van der Waals surface area contributed by atoms with Gasteiger partial charge in [-0.3, -0.25) is 20.2 Å². The van der Waals surface area contributed by atoms with Crippen molar-refractivity contribution in [3.63, 3.8) is 0 Å².